The Kier molecular flexibility index (Phi) is 4.65. The van der Waals surface area contributed by atoms with E-state index in [0.717, 1.165) is 12.8 Å². The topological polar surface area (TPSA) is 66.4 Å². The normalized spacial score (nSPS) is 27.3. The van der Waals surface area contributed by atoms with Crippen molar-refractivity contribution in [1.82, 2.24) is 5.32 Å². The van der Waals surface area contributed by atoms with E-state index in [1.54, 1.807) is 13.1 Å². The van der Waals surface area contributed by atoms with Gasteiger partial charge in [0.1, 0.15) is 0 Å². The third kappa shape index (κ3) is 3.57. The summed E-state index contributed by atoms with van der Waals surface area (Å²) < 4.78 is 0. The molecule has 0 bridgehead atoms. The number of likely N-dealkylation sites (N-methyl/N-ethyl adjacent to an activating group) is 1. The lowest BCUT2D eigenvalue weighted by Crippen LogP contribution is -2.36. The molecule has 0 heterocycles. The maximum Gasteiger partial charge on any atom is 0.212 e. The molecular formula is C11H17NO3. The Labute approximate surface area is 89.4 Å². The predicted molar refractivity (Wildman–Crippen MR) is 56.4 cm³/mol. The number of aldehydes is 1. The first kappa shape index (κ1) is 12.1. The highest BCUT2D eigenvalue weighted by atomic mass is 16.3. The Morgan fingerprint density at radius 3 is 2.80 bits per heavy atom. The zero-order valence-corrected chi connectivity index (χ0v) is 8.85. The molecule has 0 saturated heterocycles. The Bertz CT molecular complexity index is 263. The number of Topliss-reactive ketones (excluding diaryl/α,β-unsaturated/α-hetero) is 1. The number of hydrogen-bond acceptors (Lipinski definition) is 4. The smallest absolute Gasteiger partial charge is 0.212 e. The van der Waals surface area contributed by atoms with Crippen LogP contribution in [-0.2, 0) is 9.59 Å². The monoisotopic (exact) mass is 211 g/mol. The van der Waals surface area contributed by atoms with Crippen molar-refractivity contribution in [2.45, 2.75) is 31.4 Å². The van der Waals surface area contributed by atoms with E-state index < -0.39 is 11.8 Å². The van der Waals surface area contributed by atoms with Crippen molar-refractivity contribution >= 4 is 12.1 Å². The third-order valence-electron chi connectivity index (χ3n) is 2.79. The lowest BCUT2D eigenvalue weighted by molar-refractivity contribution is -0.131. The van der Waals surface area contributed by atoms with Gasteiger partial charge in [0.15, 0.2) is 6.29 Å². The van der Waals surface area contributed by atoms with Crippen LogP contribution in [0.15, 0.2) is 12.2 Å². The molecule has 1 aliphatic rings. The van der Waals surface area contributed by atoms with Crippen LogP contribution in [0, 0.1) is 5.92 Å². The molecule has 4 heteroatoms. The van der Waals surface area contributed by atoms with Crippen LogP contribution in [0.4, 0.5) is 0 Å². The average Bonchev–Trinajstić information content (AvgIpc) is 2.27. The van der Waals surface area contributed by atoms with E-state index in [0.29, 0.717) is 12.7 Å². The highest BCUT2D eigenvalue weighted by Gasteiger charge is 2.21. The number of hydrogen-bond donors (Lipinski definition) is 2. The van der Waals surface area contributed by atoms with Crippen molar-refractivity contribution in [3.05, 3.63) is 12.2 Å². The molecule has 1 rings (SSSR count). The van der Waals surface area contributed by atoms with E-state index in [9.17, 15) is 14.7 Å². The summed E-state index contributed by atoms with van der Waals surface area (Å²) >= 11 is 0. The molecule has 4 nitrogen and oxygen atoms in total. The zero-order chi connectivity index (χ0) is 11.3. The van der Waals surface area contributed by atoms with Crippen molar-refractivity contribution in [1.29, 1.82) is 0 Å². The first-order chi connectivity index (χ1) is 7.17. The van der Waals surface area contributed by atoms with Gasteiger partial charge < -0.3 is 10.4 Å². The fraction of sp³-hybridized carbons (Fsp3) is 0.636. The number of aliphatic hydroxyl groups excluding tert-OH is 1. The van der Waals surface area contributed by atoms with Crippen LogP contribution in [0.2, 0.25) is 0 Å². The molecule has 0 aromatic carbocycles. The second kappa shape index (κ2) is 5.78. The van der Waals surface area contributed by atoms with Gasteiger partial charge in [-0.2, -0.15) is 0 Å². The van der Waals surface area contributed by atoms with Gasteiger partial charge in [-0.3, -0.25) is 9.59 Å². The minimum absolute atomic E-state index is 0.273. The summed E-state index contributed by atoms with van der Waals surface area (Å²) in [6.45, 7) is 0. The van der Waals surface area contributed by atoms with E-state index in [-0.39, 0.29) is 12.0 Å². The van der Waals surface area contributed by atoms with Crippen LogP contribution in [-0.4, -0.2) is 36.4 Å². The first-order valence-electron chi connectivity index (χ1n) is 5.20. The number of carbonyl (C=O) groups is 2. The van der Waals surface area contributed by atoms with Gasteiger partial charge in [0, 0.05) is 0 Å². The summed E-state index contributed by atoms with van der Waals surface area (Å²) in [6, 6.07) is -0.396. The highest BCUT2D eigenvalue weighted by Crippen LogP contribution is 2.21. The first-order valence-corrected chi connectivity index (χ1v) is 5.20. The standard InChI is InChI=1S/C11H17NO3/c1-12-10(11(15)7-13)6-8-2-4-9(14)5-3-8/h2,4,7-10,12,14H,3,5-6H2,1H3. The third-order valence-corrected chi connectivity index (χ3v) is 2.79. The average molecular weight is 211 g/mol. The van der Waals surface area contributed by atoms with Crippen molar-refractivity contribution in [3.8, 4) is 0 Å². The molecule has 0 aromatic rings. The molecular weight excluding hydrogens is 194 g/mol. The van der Waals surface area contributed by atoms with Crippen LogP contribution in [0.1, 0.15) is 19.3 Å². The Hall–Kier alpha value is -1.00. The zero-order valence-electron chi connectivity index (χ0n) is 8.85. The van der Waals surface area contributed by atoms with Crippen molar-refractivity contribution in [3.63, 3.8) is 0 Å². The maximum atomic E-state index is 11.2. The SMILES string of the molecule is CNC(CC1C=CC(O)CC1)C(=O)C=O. The highest BCUT2D eigenvalue weighted by molar-refractivity contribution is 6.27. The Morgan fingerprint density at radius 2 is 2.33 bits per heavy atom. The number of rotatable bonds is 5. The molecule has 0 aromatic heterocycles. The van der Waals surface area contributed by atoms with Gasteiger partial charge in [-0.25, -0.2) is 0 Å². The van der Waals surface area contributed by atoms with Crippen LogP contribution < -0.4 is 5.32 Å². The number of allylic oxidation sites excluding steroid dienone is 1. The van der Waals surface area contributed by atoms with Gasteiger partial charge in [-0.05, 0) is 32.2 Å². The molecule has 2 N–H and O–H groups in total. The van der Waals surface area contributed by atoms with E-state index in [1.807, 2.05) is 6.08 Å². The van der Waals surface area contributed by atoms with Crippen molar-refractivity contribution < 1.29 is 14.7 Å². The van der Waals surface area contributed by atoms with Gasteiger partial charge in [-0.15, -0.1) is 0 Å². The van der Waals surface area contributed by atoms with Gasteiger partial charge >= 0.3 is 0 Å². The van der Waals surface area contributed by atoms with E-state index in [2.05, 4.69) is 5.32 Å². The summed E-state index contributed by atoms with van der Waals surface area (Å²) in [6.07, 6.45) is 5.91. The fourth-order valence-corrected chi connectivity index (χ4v) is 1.82. The molecule has 0 spiro atoms. The second-order valence-electron chi connectivity index (χ2n) is 3.89. The van der Waals surface area contributed by atoms with Gasteiger partial charge in [0.25, 0.3) is 0 Å². The lowest BCUT2D eigenvalue weighted by Gasteiger charge is -2.22. The van der Waals surface area contributed by atoms with Gasteiger partial charge in [-0.1, -0.05) is 12.2 Å². The van der Waals surface area contributed by atoms with Crippen molar-refractivity contribution in [2.75, 3.05) is 7.05 Å². The van der Waals surface area contributed by atoms with Gasteiger partial charge in [0.05, 0.1) is 12.1 Å². The maximum absolute atomic E-state index is 11.2. The molecule has 1 aliphatic carbocycles. The van der Waals surface area contributed by atoms with Crippen LogP contribution in [0.3, 0.4) is 0 Å². The summed E-state index contributed by atoms with van der Waals surface area (Å²) in [4.78, 5) is 21.5. The molecule has 15 heavy (non-hydrogen) atoms. The molecule has 3 atom stereocenters. The summed E-state index contributed by atoms with van der Waals surface area (Å²) in [5, 5.41) is 12.1. The molecule has 3 unspecified atom stereocenters. The largest absolute Gasteiger partial charge is 0.389 e. The van der Waals surface area contributed by atoms with E-state index in [4.69, 9.17) is 0 Å². The second-order valence-corrected chi connectivity index (χ2v) is 3.89. The minimum Gasteiger partial charge on any atom is -0.389 e. The molecule has 0 saturated carbocycles. The molecule has 0 amide bonds. The molecule has 0 fully saturated rings. The summed E-state index contributed by atoms with van der Waals surface area (Å²) in [5.41, 5.74) is 0. The van der Waals surface area contributed by atoms with Crippen LogP contribution in [0.25, 0.3) is 0 Å². The number of aliphatic hydroxyl groups is 1. The minimum atomic E-state index is -0.406. The van der Waals surface area contributed by atoms with E-state index in [1.165, 1.54) is 0 Å². The van der Waals surface area contributed by atoms with Gasteiger partial charge in [0.2, 0.25) is 5.78 Å². The summed E-state index contributed by atoms with van der Waals surface area (Å²) in [5.74, 6) is -0.133. The Balaban J connectivity index is 2.49. The molecule has 0 aliphatic heterocycles. The predicted octanol–water partition coefficient (Wildman–Crippen LogP) is 0.0596. The number of carbonyl (C=O) groups excluding carboxylic acids is 2. The van der Waals surface area contributed by atoms with Crippen LogP contribution >= 0.6 is 0 Å². The number of ketones is 1. The quantitative estimate of drug-likeness (QED) is 0.383. The molecule has 84 valence electrons. The van der Waals surface area contributed by atoms with E-state index >= 15 is 0 Å². The van der Waals surface area contributed by atoms with Crippen molar-refractivity contribution in [2.24, 2.45) is 5.92 Å². The van der Waals surface area contributed by atoms with Crippen LogP contribution in [0.5, 0.6) is 0 Å². The summed E-state index contributed by atoms with van der Waals surface area (Å²) in [7, 11) is 1.67. The molecule has 0 radical (unpaired) electrons. The lowest BCUT2D eigenvalue weighted by atomic mass is 9.88. The number of nitrogens with one attached hydrogen (secondary N) is 1. The fourth-order valence-electron chi connectivity index (χ4n) is 1.82. The Morgan fingerprint density at radius 1 is 1.60 bits per heavy atom.